The predicted molar refractivity (Wildman–Crippen MR) is 61.3 cm³/mol. The average molecular weight is 227 g/mol. The highest BCUT2D eigenvalue weighted by molar-refractivity contribution is 5.80. The van der Waals surface area contributed by atoms with Crippen LogP contribution in [-0.4, -0.2) is 62.8 Å². The maximum Gasteiger partial charge on any atom is 0.249 e. The second-order valence-corrected chi connectivity index (χ2v) is 4.38. The van der Waals surface area contributed by atoms with Gasteiger partial charge in [-0.2, -0.15) is 0 Å². The van der Waals surface area contributed by atoms with E-state index >= 15 is 0 Å². The topological polar surface area (TPSA) is 53.6 Å². The van der Waals surface area contributed by atoms with Crippen LogP contribution in [0.4, 0.5) is 0 Å². The van der Waals surface area contributed by atoms with Crippen molar-refractivity contribution < 1.29 is 9.53 Å². The van der Waals surface area contributed by atoms with Crippen molar-refractivity contribution in [1.29, 1.82) is 0 Å². The minimum Gasteiger partial charge on any atom is -0.368 e. The maximum absolute atomic E-state index is 11.6. The van der Waals surface area contributed by atoms with Gasteiger partial charge in [0.15, 0.2) is 0 Å². The van der Waals surface area contributed by atoms with Gasteiger partial charge in [0.05, 0.1) is 0 Å². The van der Waals surface area contributed by atoms with Crippen LogP contribution < -0.4 is 10.6 Å². The van der Waals surface area contributed by atoms with Gasteiger partial charge >= 0.3 is 0 Å². The summed E-state index contributed by atoms with van der Waals surface area (Å²) in [7, 11) is 0. The molecule has 0 saturated carbocycles. The van der Waals surface area contributed by atoms with Gasteiger partial charge in [0, 0.05) is 45.9 Å². The Bertz CT molecular complexity index is 223. The van der Waals surface area contributed by atoms with E-state index in [1.807, 2.05) is 0 Å². The largest absolute Gasteiger partial charge is 0.368 e. The molecular weight excluding hydrogens is 206 g/mol. The van der Waals surface area contributed by atoms with Gasteiger partial charge in [0.25, 0.3) is 0 Å². The van der Waals surface area contributed by atoms with E-state index in [9.17, 15) is 4.79 Å². The number of piperazine rings is 1. The fourth-order valence-corrected chi connectivity index (χ4v) is 2.17. The molecule has 0 aliphatic carbocycles. The highest BCUT2D eigenvalue weighted by Crippen LogP contribution is 2.11. The number of carbonyl (C=O) groups is 1. The van der Waals surface area contributed by atoms with Gasteiger partial charge < -0.3 is 15.4 Å². The standard InChI is InChI=1S/C11H21N3O2/c15-11(10-2-1-9-16-10)13-5-8-14-6-3-12-4-7-14/h10,12H,1-9H2,(H,13,15)/t10-/m1/s1. The lowest BCUT2D eigenvalue weighted by atomic mass is 10.2. The van der Waals surface area contributed by atoms with Crippen LogP contribution in [0, 0.1) is 0 Å². The van der Waals surface area contributed by atoms with Crippen LogP contribution in [0.3, 0.4) is 0 Å². The molecule has 16 heavy (non-hydrogen) atoms. The lowest BCUT2D eigenvalue weighted by Gasteiger charge is -2.27. The summed E-state index contributed by atoms with van der Waals surface area (Å²) in [5, 5.41) is 6.26. The van der Waals surface area contributed by atoms with E-state index in [4.69, 9.17) is 4.74 Å². The fourth-order valence-electron chi connectivity index (χ4n) is 2.17. The van der Waals surface area contributed by atoms with Gasteiger partial charge in [-0.25, -0.2) is 0 Å². The first-order valence-corrected chi connectivity index (χ1v) is 6.18. The van der Waals surface area contributed by atoms with E-state index in [-0.39, 0.29) is 12.0 Å². The second-order valence-electron chi connectivity index (χ2n) is 4.38. The smallest absolute Gasteiger partial charge is 0.249 e. The SMILES string of the molecule is O=C(NCCN1CCNCC1)[C@H]1CCCO1. The highest BCUT2D eigenvalue weighted by atomic mass is 16.5. The predicted octanol–water partition coefficient (Wildman–Crippen LogP) is -0.813. The molecule has 1 atom stereocenters. The lowest BCUT2D eigenvalue weighted by molar-refractivity contribution is -0.130. The van der Waals surface area contributed by atoms with E-state index in [1.165, 1.54) is 0 Å². The van der Waals surface area contributed by atoms with E-state index in [1.54, 1.807) is 0 Å². The summed E-state index contributed by atoms with van der Waals surface area (Å²) in [6.45, 7) is 6.68. The summed E-state index contributed by atoms with van der Waals surface area (Å²) in [5.74, 6) is 0.0626. The molecule has 0 radical (unpaired) electrons. The number of hydrogen-bond donors (Lipinski definition) is 2. The molecule has 2 rings (SSSR count). The van der Waals surface area contributed by atoms with Crippen LogP contribution >= 0.6 is 0 Å². The average Bonchev–Trinajstić information content (AvgIpc) is 2.84. The second kappa shape index (κ2) is 6.18. The first-order valence-electron chi connectivity index (χ1n) is 6.18. The maximum atomic E-state index is 11.6. The van der Waals surface area contributed by atoms with Crippen LogP contribution in [0.1, 0.15) is 12.8 Å². The molecule has 2 saturated heterocycles. The Hall–Kier alpha value is -0.650. The number of nitrogens with zero attached hydrogens (tertiary/aromatic N) is 1. The zero-order chi connectivity index (χ0) is 11.2. The van der Waals surface area contributed by atoms with Crippen molar-refractivity contribution in [2.45, 2.75) is 18.9 Å². The summed E-state index contributed by atoms with van der Waals surface area (Å²) >= 11 is 0. The van der Waals surface area contributed by atoms with Crippen molar-refractivity contribution in [1.82, 2.24) is 15.5 Å². The van der Waals surface area contributed by atoms with Crippen molar-refractivity contribution >= 4 is 5.91 Å². The number of ether oxygens (including phenoxy) is 1. The molecule has 2 aliphatic rings. The van der Waals surface area contributed by atoms with Crippen molar-refractivity contribution in [3.05, 3.63) is 0 Å². The summed E-state index contributed by atoms with van der Waals surface area (Å²) < 4.78 is 5.32. The molecule has 0 aromatic carbocycles. The van der Waals surface area contributed by atoms with Crippen molar-refractivity contribution in [3.63, 3.8) is 0 Å². The minimum absolute atomic E-state index is 0.0626. The molecule has 1 amide bonds. The monoisotopic (exact) mass is 227 g/mol. The number of amides is 1. The summed E-state index contributed by atoms with van der Waals surface area (Å²) in [6, 6.07) is 0. The molecular formula is C11H21N3O2. The zero-order valence-electron chi connectivity index (χ0n) is 9.71. The normalized spacial score (nSPS) is 26.9. The van der Waals surface area contributed by atoms with Crippen LogP contribution in [0.25, 0.3) is 0 Å². The first kappa shape index (κ1) is 11.8. The lowest BCUT2D eigenvalue weighted by Crippen LogP contribution is -2.47. The summed E-state index contributed by atoms with van der Waals surface area (Å²) in [6.07, 6.45) is 1.69. The van der Waals surface area contributed by atoms with Crippen molar-refractivity contribution in [3.8, 4) is 0 Å². The molecule has 2 aliphatic heterocycles. The molecule has 2 heterocycles. The molecule has 0 spiro atoms. The minimum atomic E-state index is -0.192. The zero-order valence-corrected chi connectivity index (χ0v) is 9.71. The molecule has 0 aromatic heterocycles. The molecule has 92 valence electrons. The third kappa shape index (κ3) is 3.43. The Kier molecular flexibility index (Phi) is 4.56. The van der Waals surface area contributed by atoms with E-state index in [2.05, 4.69) is 15.5 Å². The van der Waals surface area contributed by atoms with Gasteiger partial charge in [0.1, 0.15) is 6.10 Å². The fraction of sp³-hybridized carbons (Fsp3) is 0.909. The van der Waals surface area contributed by atoms with Crippen molar-refractivity contribution in [2.75, 3.05) is 45.9 Å². The van der Waals surface area contributed by atoms with Gasteiger partial charge in [-0.15, -0.1) is 0 Å². The Labute approximate surface area is 96.5 Å². The van der Waals surface area contributed by atoms with Gasteiger partial charge in [-0.1, -0.05) is 0 Å². The molecule has 0 unspecified atom stereocenters. The highest BCUT2D eigenvalue weighted by Gasteiger charge is 2.23. The van der Waals surface area contributed by atoms with E-state index in [0.29, 0.717) is 0 Å². The molecule has 2 N–H and O–H groups in total. The molecule has 0 aromatic rings. The Morgan fingerprint density at radius 1 is 1.44 bits per heavy atom. The summed E-state index contributed by atoms with van der Waals surface area (Å²) in [5.41, 5.74) is 0. The van der Waals surface area contributed by atoms with Crippen LogP contribution in [0.5, 0.6) is 0 Å². The van der Waals surface area contributed by atoms with E-state index in [0.717, 1.165) is 58.7 Å². The van der Waals surface area contributed by atoms with Crippen LogP contribution in [0.15, 0.2) is 0 Å². The van der Waals surface area contributed by atoms with E-state index < -0.39 is 0 Å². The van der Waals surface area contributed by atoms with Gasteiger partial charge in [0.2, 0.25) is 5.91 Å². The number of rotatable bonds is 4. The number of hydrogen-bond acceptors (Lipinski definition) is 4. The molecule has 0 bridgehead atoms. The third-order valence-electron chi connectivity index (χ3n) is 3.16. The molecule has 2 fully saturated rings. The third-order valence-corrected chi connectivity index (χ3v) is 3.16. The van der Waals surface area contributed by atoms with Gasteiger partial charge in [-0.05, 0) is 12.8 Å². The van der Waals surface area contributed by atoms with Crippen molar-refractivity contribution in [2.24, 2.45) is 0 Å². The first-order chi connectivity index (χ1) is 7.86. The molecule has 5 heteroatoms. The number of nitrogens with one attached hydrogen (secondary N) is 2. The number of carbonyl (C=O) groups excluding carboxylic acids is 1. The van der Waals surface area contributed by atoms with Crippen LogP contribution in [-0.2, 0) is 9.53 Å². The summed E-state index contributed by atoms with van der Waals surface area (Å²) in [4.78, 5) is 14.0. The quantitative estimate of drug-likeness (QED) is 0.659. The van der Waals surface area contributed by atoms with Gasteiger partial charge in [-0.3, -0.25) is 9.69 Å². The molecule has 5 nitrogen and oxygen atoms in total. The Morgan fingerprint density at radius 2 is 2.25 bits per heavy atom. The Morgan fingerprint density at radius 3 is 2.94 bits per heavy atom. The Balaban J connectivity index is 1.57. The van der Waals surface area contributed by atoms with Crippen LogP contribution in [0.2, 0.25) is 0 Å².